The summed E-state index contributed by atoms with van der Waals surface area (Å²) in [5.41, 5.74) is 2.61. The molecule has 2 N–H and O–H groups in total. The van der Waals surface area contributed by atoms with Crippen molar-refractivity contribution in [3.05, 3.63) is 68.9 Å². The summed E-state index contributed by atoms with van der Waals surface area (Å²) in [6.45, 7) is 3.20. The lowest BCUT2D eigenvalue weighted by atomic mass is 10.1. The van der Waals surface area contributed by atoms with Crippen LogP contribution >= 0.6 is 34.4 Å². The molecule has 1 aromatic carbocycles. The quantitative estimate of drug-likeness (QED) is 0.197. The van der Waals surface area contributed by atoms with Crippen LogP contribution in [0.2, 0.25) is 0 Å². The second kappa shape index (κ2) is 11.5. The topological polar surface area (TPSA) is 89.4 Å². The van der Waals surface area contributed by atoms with Crippen molar-refractivity contribution in [2.75, 3.05) is 24.2 Å². The molecule has 0 saturated carbocycles. The van der Waals surface area contributed by atoms with E-state index in [0.29, 0.717) is 35.1 Å². The molecular weight excluding hydrogens is 527 g/mol. The Bertz CT molecular complexity index is 1440. The minimum Gasteiger partial charge on any atom is -0.462 e. The number of ether oxygens (including phenoxy) is 1. The molecule has 3 heterocycles. The number of anilines is 1. The molecule has 192 valence electrons. The van der Waals surface area contributed by atoms with E-state index < -0.39 is 0 Å². The third-order valence-electron chi connectivity index (χ3n) is 6.15. The number of esters is 1. The van der Waals surface area contributed by atoms with Gasteiger partial charge in [-0.25, -0.2) is 4.79 Å². The molecule has 0 radical (unpaired) electrons. The summed E-state index contributed by atoms with van der Waals surface area (Å²) in [4.78, 5) is 40.6. The molecule has 37 heavy (non-hydrogen) atoms. The molecule has 3 aromatic heterocycles. The van der Waals surface area contributed by atoms with Gasteiger partial charge in [-0.2, -0.15) is 0 Å². The summed E-state index contributed by atoms with van der Waals surface area (Å²) in [6, 6.07) is 11.7. The number of thiophene rings is 2. The fourth-order valence-corrected chi connectivity index (χ4v) is 7.34. The van der Waals surface area contributed by atoms with Crippen LogP contribution in [0, 0.1) is 0 Å². The molecule has 2 amide bonds. The fourth-order valence-electron chi connectivity index (χ4n) is 4.52. The standard InChI is InChI=1S/C27H27N3O4S3/c1-2-34-27(33)24-18-8-5-10-20(18)37-26(24)29-23(31)16-36-22-15-30(19-9-4-3-7-17(19)22)13-12-28-25(32)21-11-6-14-35-21/h3-4,6-7,9,11,14-15H,2,5,8,10,12-13,16H2,1H3,(H,28,32)(H,29,31). The zero-order valence-corrected chi connectivity index (χ0v) is 22.8. The van der Waals surface area contributed by atoms with Crippen LogP contribution in [0.4, 0.5) is 5.00 Å². The molecule has 5 rings (SSSR count). The van der Waals surface area contributed by atoms with Crippen LogP contribution in [0.1, 0.15) is 43.8 Å². The van der Waals surface area contributed by atoms with E-state index in [1.807, 2.05) is 48.0 Å². The highest BCUT2D eigenvalue weighted by atomic mass is 32.2. The summed E-state index contributed by atoms with van der Waals surface area (Å²) in [5, 5.41) is 9.48. The SMILES string of the molecule is CCOC(=O)c1c(NC(=O)CSc2cn(CCNC(=O)c3cccs3)c3ccccc23)sc2c1CCC2. The number of hydrogen-bond donors (Lipinski definition) is 2. The molecule has 0 bridgehead atoms. The highest BCUT2D eigenvalue weighted by Gasteiger charge is 2.28. The summed E-state index contributed by atoms with van der Waals surface area (Å²) >= 11 is 4.37. The van der Waals surface area contributed by atoms with Crippen LogP contribution in [-0.4, -0.2) is 41.3 Å². The Balaban J connectivity index is 1.24. The van der Waals surface area contributed by atoms with Crippen molar-refractivity contribution in [2.24, 2.45) is 0 Å². The normalized spacial score (nSPS) is 12.5. The van der Waals surface area contributed by atoms with Gasteiger partial charge in [-0.15, -0.1) is 34.4 Å². The molecule has 1 aliphatic rings. The van der Waals surface area contributed by atoms with Gasteiger partial charge in [0.05, 0.1) is 22.8 Å². The van der Waals surface area contributed by atoms with Crippen molar-refractivity contribution < 1.29 is 19.1 Å². The van der Waals surface area contributed by atoms with Crippen LogP contribution < -0.4 is 10.6 Å². The lowest BCUT2D eigenvalue weighted by Gasteiger charge is -2.08. The lowest BCUT2D eigenvalue weighted by Crippen LogP contribution is -2.26. The van der Waals surface area contributed by atoms with Gasteiger partial charge in [-0.05, 0) is 49.3 Å². The zero-order chi connectivity index (χ0) is 25.8. The van der Waals surface area contributed by atoms with Gasteiger partial charge in [-0.1, -0.05) is 24.3 Å². The van der Waals surface area contributed by atoms with Crippen LogP contribution in [0.15, 0.2) is 52.9 Å². The molecule has 0 saturated heterocycles. The number of nitrogens with one attached hydrogen (secondary N) is 2. The molecule has 0 atom stereocenters. The third-order valence-corrected chi connectivity index (χ3v) is 9.27. The van der Waals surface area contributed by atoms with Gasteiger partial charge in [0.1, 0.15) is 5.00 Å². The van der Waals surface area contributed by atoms with Gasteiger partial charge in [0, 0.05) is 40.0 Å². The van der Waals surface area contributed by atoms with E-state index in [0.717, 1.165) is 40.6 Å². The van der Waals surface area contributed by atoms with Crippen LogP contribution in [0.3, 0.4) is 0 Å². The Morgan fingerprint density at radius 2 is 2.00 bits per heavy atom. The number of aromatic nitrogens is 1. The van der Waals surface area contributed by atoms with Crippen molar-refractivity contribution in [1.29, 1.82) is 0 Å². The number of fused-ring (bicyclic) bond motifs is 2. The third kappa shape index (κ3) is 5.61. The molecule has 7 nitrogen and oxygen atoms in total. The molecule has 10 heteroatoms. The first-order valence-corrected chi connectivity index (χ1v) is 14.9. The van der Waals surface area contributed by atoms with Crippen LogP contribution in [-0.2, 0) is 28.9 Å². The molecule has 1 aliphatic carbocycles. The van der Waals surface area contributed by atoms with Gasteiger partial charge in [0.15, 0.2) is 0 Å². The number of hydrogen-bond acceptors (Lipinski definition) is 7. The second-order valence-corrected chi connectivity index (χ2v) is 11.6. The van der Waals surface area contributed by atoms with E-state index in [1.54, 1.807) is 6.92 Å². The monoisotopic (exact) mass is 553 g/mol. The Morgan fingerprint density at radius 3 is 2.81 bits per heavy atom. The Hall–Kier alpha value is -3.08. The Morgan fingerprint density at radius 1 is 1.14 bits per heavy atom. The highest BCUT2D eigenvalue weighted by molar-refractivity contribution is 8.00. The van der Waals surface area contributed by atoms with Crippen molar-refractivity contribution in [3.63, 3.8) is 0 Å². The molecule has 0 spiro atoms. The van der Waals surface area contributed by atoms with Gasteiger partial charge in [0.2, 0.25) is 5.91 Å². The summed E-state index contributed by atoms with van der Waals surface area (Å²) in [5.74, 6) is -0.373. The maximum absolute atomic E-state index is 12.9. The van der Waals surface area contributed by atoms with Gasteiger partial charge < -0.3 is 19.9 Å². The average Bonchev–Trinajstić information content (AvgIpc) is 3.67. The first-order chi connectivity index (χ1) is 18.0. The predicted octanol–water partition coefficient (Wildman–Crippen LogP) is 5.59. The van der Waals surface area contributed by atoms with Crippen molar-refractivity contribution in [3.8, 4) is 0 Å². The Kier molecular flexibility index (Phi) is 7.97. The number of amides is 2. The maximum Gasteiger partial charge on any atom is 0.341 e. The number of rotatable bonds is 10. The second-order valence-electron chi connectivity index (χ2n) is 8.56. The van der Waals surface area contributed by atoms with Crippen LogP contribution in [0.25, 0.3) is 10.9 Å². The van der Waals surface area contributed by atoms with Crippen molar-refractivity contribution in [2.45, 2.75) is 37.6 Å². The number of benzene rings is 1. The number of nitrogens with zero attached hydrogens (tertiary/aromatic N) is 1. The summed E-state index contributed by atoms with van der Waals surface area (Å²) < 4.78 is 7.37. The number of thioether (sulfide) groups is 1. The fraction of sp³-hybridized carbons (Fsp3) is 0.296. The minimum atomic E-state index is -0.362. The van der Waals surface area contributed by atoms with Gasteiger partial charge >= 0.3 is 5.97 Å². The number of carbonyl (C=O) groups excluding carboxylic acids is 3. The van der Waals surface area contributed by atoms with E-state index in [4.69, 9.17) is 4.74 Å². The Labute approximate surface area is 227 Å². The largest absolute Gasteiger partial charge is 0.462 e. The smallest absolute Gasteiger partial charge is 0.341 e. The van der Waals surface area contributed by atoms with E-state index in [2.05, 4.69) is 15.2 Å². The van der Waals surface area contributed by atoms with E-state index in [-0.39, 0.29) is 23.5 Å². The molecule has 4 aromatic rings. The van der Waals surface area contributed by atoms with Gasteiger partial charge in [-0.3, -0.25) is 9.59 Å². The molecule has 0 unspecified atom stereocenters. The van der Waals surface area contributed by atoms with Crippen molar-refractivity contribution >= 4 is 68.1 Å². The zero-order valence-electron chi connectivity index (χ0n) is 20.4. The summed E-state index contributed by atoms with van der Waals surface area (Å²) in [6.07, 6.45) is 4.84. The number of carbonyl (C=O) groups is 3. The van der Waals surface area contributed by atoms with E-state index in [9.17, 15) is 14.4 Å². The highest BCUT2D eigenvalue weighted by Crippen LogP contribution is 2.40. The minimum absolute atomic E-state index is 0.0699. The molecular formula is C27H27N3O4S3. The maximum atomic E-state index is 12.9. The summed E-state index contributed by atoms with van der Waals surface area (Å²) in [7, 11) is 0. The van der Waals surface area contributed by atoms with E-state index in [1.165, 1.54) is 39.3 Å². The first kappa shape index (κ1) is 25.6. The van der Waals surface area contributed by atoms with E-state index >= 15 is 0 Å². The number of aryl methyl sites for hydroxylation is 1. The number of para-hydroxylation sites is 1. The lowest BCUT2D eigenvalue weighted by molar-refractivity contribution is -0.113. The molecule has 0 fully saturated rings. The first-order valence-electron chi connectivity index (χ1n) is 12.2. The average molecular weight is 554 g/mol. The predicted molar refractivity (Wildman–Crippen MR) is 150 cm³/mol. The van der Waals surface area contributed by atoms with Crippen molar-refractivity contribution in [1.82, 2.24) is 9.88 Å². The molecule has 0 aliphatic heterocycles. The van der Waals surface area contributed by atoms with Crippen LogP contribution in [0.5, 0.6) is 0 Å². The van der Waals surface area contributed by atoms with Gasteiger partial charge in [0.25, 0.3) is 5.91 Å².